The molecule has 0 radical (unpaired) electrons. The normalized spacial score (nSPS) is 50.7. The van der Waals surface area contributed by atoms with Crippen molar-refractivity contribution in [2.24, 2.45) is 11.8 Å². The molecular weight excluding hydrogens is 110 g/mol. The third-order valence-electron chi connectivity index (χ3n) is 2.99. The summed E-state index contributed by atoms with van der Waals surface area (Å²) < 4.78 is 0. The molecule has 0 amide bonds. The van der Waals surface area contributed by atoms with Crippen LogP contribution < -0.4 is 0 Å². The van der Waals surface area contributed by atoms with Gasteiger partial charge in [-0.25, -0.2) is 0 Å². The van der Waals surface area contributed by atoms with Gasteiger partial charge < -0.3 is 4.90 Å². The largest absolute Gasteiger partial charge is 0.303 e. The van der Waals surface area contributed by atoms with Crippen molar-refractivity contribution in [3.8, 4) is 0 Å². The van der Waals surface area contributed by atoms with Crippen molar-refractivity contribution in [2.45, 2.75) is 25.8 Å². The minimum Gasteiger partial charge on any atom is -0.303 e. The van der Waals surface area contributed by atoms with Crippen LogP contribution in [0.3, 0.4) is 0 Å². The fourth-order valence-corrected chi connectivity index (χ4v) is 1.99. The van der Waals surface area contributed by atoms with Gasteiger partial charge in [-0.3, -0.25) is 0 Å². The van der Waals surface area contributed by atoms with E-state index in [1.807, 2.05) is 0 Å². The molecule has 1 nitrogen and oxygen atoms in total. The van der Waals surface area contributed by atoms with Crippen molar-refractivity contribution in [2.75, 3.05) is 13.6 Å². The van der Waals surface area contributed by atoms with Crippen LogP contribution in [0.15, 0.2) is 0 Å². The molecule has 1 saturated carbocycles. The van der Waals surface area contributed by atoms with Gasteiger partial charge >= 0.3 is 0 Å². The van der Waals surface area contributed by atoms with Crippen molar-refractivity contribution in [3.05, 3.63) is 0 Å². The Labute approximate surface area is 57.0 Å². The fraction of sp³-hybridized carbons (Fsp3) is 1.00. The van der Waals surface area contributed by atoms with Gasteiger partial charge in [-0.1, -0.05) is 0 Å². The molecule has 3 atom stereocenters. The summed E-state index contributed by atoms with van der Waals surface area (Å²) in [7, 11) is 2.25. The number of likely N-dealkylation sites (tertiary alicyclic amines) is 1. The molecule has 1 aliphatic carbocycles. The summed E-state index contributed by atoms with van der Waals surface area (Å²) in [6.07, 6.45) is 2.98. The molecule has 1 aliphatic heterocycles. The van der Waals surface area contributed by atoms with E-state index in [-0.39, 0.29) is 0 Å². The van der Waals surface area contributed by atoms with Crippen LogP contribution in [0.1, 0.15) is 19.8 Å². The van der Waals surface area contributed by atoms with Crippen LogP contribution in [-0.2, 0) is 0 Å². The van der Waals surface area contributed by atoms with E-state index in [0.29, 0.717) is 0 Å². The number of nitrogens with zero attached hydrogens (tertiary/aromatic N) is 1. The number of hydrogen-bond acceptors (Lipinski definition) is 1. The highest BCUT2D eigenvalue weighted by atomic mass is 15.1. The monoisotopic (exact) mass is 125 g/mol. The van der Waals surface area contributed by atoms with E-state index >= 15 is 0 Å². The van der Waals surface area contributed by atoms with E-state index in [2.05, 4.69) is 18.9 Å². The van der Waals surface area contributed by atoms with E-state index in [1.165, 1.54) is 19.4 Å². The Bertz CT molecular complexity index is 108. The Morgan fingerprint density at radius 2 is 2.00 bits per heavy atom. The molecule has 1 saturated heterocycles. The van der Waals surface area contributed by atoms with Gasteiger partial charge in [0.2, 0.25) is 0 Å². The zero-order valence-corrected chi connectivity index (χ0v) is 6.30. The number of piperidine rings is 1. The Balaban J connectivity index is 1.98. The van der Waals surface area contributed by atoms with Crippen LogP contribution in [0.4, 0.5) is 0 Å². The van der Waals surface area contributed by atoms with Crippen LogP contribution >= 0.6 is 0 Å². The second-order valence-electron chi connectivity index (χ2n) is 3.78. The van der Waals surface area contributed by atoms with Gasteiger partial charge in [0.25, 0.3) is 0 Å². The molecule has 2 rings (SSSR count). The topological polar surface area (TPSA) is 3.24 Å². The van der Waals surface area contributed by atoms with E-state index in [9.17, 15) is 0 Å². The van der Waals surface area contributed by atoms with Crippen molar-refractivity contribution in [1.82, 2.24) is 4.90 Å². The summed E-state index contributed by atoms with van der Waals surface area (Å²) in [5.41, 5.74) is 0. The second-order valence-corrected chi connectivity index (χ2v) is 3.78. The van der Waals surface area contributed by atoms with Gasteiger partial charge in [0.05, 0.1) is 0 Å². The molecule has 0 bridgehead atoms. The average Bonchev–Trinajstić information content (AvgIpc) is 2.46. The average molecular weight is 125 g/mol. The molecular formula is C8H15N. The summed E-state index contributed by atoms with van der Waals surface area (Å²) in [5, 5.41) is 0. The number of rotatable bonds is 0. The predicted molar refractivity (Wildman–Crippen MR) is 38.3 cm³/mol. The van der Waals surface area contributed by atoms with Crippen LogP contribution in [-0.4, -0.2) is 24.5 Å². The summed E-state index contributed by atoms with van der Waals surface area (Å²) in [6, 6.07) is 0.855. The minimum atomic E-state index is 0.855. The first-order chi connectivity index (χ1) is 4.27. The standard InChI is InChI=1S/C8H15N/c1-6-3-7-4-8(7)5-9(6)2/h6-8H,3-5H2,1-2H3/t6?,7-,8-/m1/s1. The third kappa shape index (κ3) is 0.877. The molecule has 1 heteroatoms. The van der Waals surface area contributed by atoms with Crippen molar-refractivity contribution >= 4 is 0 Å². The third-order valence-corrected chi connectivity index (χ3v) is 2.99. The van der Waals surface area contributed by atoms with E-state index in [4.69, 9.17) is 0 Å². The molecule has 0 spiro atoms. The SMILES string of the molecule is CC1C[C@@H]2C[C@@H]2CN1C. The highest BCUT2D eigenvalue weighted by molar-refractivity contribution is 4.94. The molecule has 0 aromatic carbocycles. The van der Waals surface area contributed by atoms with Crippen LogP contribution in [0.25, 0.3) is 0 Å². The molecule has 0 aromatic heterocycles. The van der Waals surface area contributed by atoms with Gasteiger partial charge in [-0.2, -0.15) is 0 Å². The zero-order valence-electron chi connectivity index (χ0n) is 6.30. The van der Waals surface area contributed by atoms with Gasteiger partial charge in [0.1, 0.15) is 0 Å². The highest BCUT2D eigenvalue weighted by Crippen LogP contribution is 2.46. The Morgan fingerprint density at radius 1 is 1.22 bits per heavy atom. The smallest absolute Gasteiger partial charge is 0.00667 e. The fourth-order valence-electron chi connectivity index (χ4n) is 1.99. The lowest BCUT2D eigenvalue weighted by Gasteiger charge is -2.28. The first kappa shape index (κ1) is 5.72. The van der Waals surface area contributed by atoms with Crippen LogP contribution in [0.5, 0.6) is 0 Å². The molecule has 0 aromatic rings. The Kier molecular flexibility index (Phi) is 1.10. The first-order valence-electron chi connectivity index (χ1n) is 3.97. The summed E-state index contributed by atoms with van der Waals surface area (Å²) in [6.45, 7) is 3.71. The van der Waals surface area contributed by atoms with Gasteiger partial charge in [0, 0.05) is 12.6 Å². The van der Waals surface area contributed by atoms with Gasteiger partial charge in [-0.05, 0) is 38.6 Å². The van der Waals surface area contributed by atoms with Crippen molar-refractivity contribution in [3.63, 3.8) is 0 Å². The molecule has 52 valence electrons. The lowest BCUT2D eigenvalue weighted by Crippen LogP contribution is -2.35. The molecule has 1 heterocycles. The Morgan fingerprint density at radius 3 is 2.67 bits per heavy atom. The maximum absolute atomic E-state index is 2.49. The van der Waals surface area contributed by atoms with E-state index in [0.717, 1.165) is 17.9 Å². The molecule has 1 unspecified atom stereocenters. The maximum Gasteiger partial charge on any atom is 0.00667 e. The predicted octanol–water partition coefficient (Wildman–Crippen LogP) is 1.35. The van der Waals surface area contributed by atoms with Crippen molar-refractivity contribution < 1.29 is 0 Å². The van der Waals surface area contributed by atoms with Crippen LogP contribution in [0.2, 0.25) is 0 Å². The number of hydrogen-bond donors (Lipinski definition) is 0. The van der Waals surface area contributed by atoms with Crippen molar-refractivity contribution in [1.29, 1.82) is 0 Å². The zero-order chi connectivity index (χ0) is 6.43. The molecule has 0 N–H and O–H groups in total. The summed E-state index contributed by atoms with van der Waals surface area (Å²) >= 11 is 0. The maximum atomic E-state index is 2.49. The van der Waals surface area contributed by atoms with E-state index < -0.39 is 0 Å². The number of fused-ring (bicyclic) bond motifs is 1. The Hall–Kier alpha value is -0.0400. The first-order valence-corrected chi connectivity index (χ1v) is 3.97. The van der Waals surface area contributed by atoms with Crippen LogP contribution in [0, 0.1) is 11.8 Å². The quantitative estimate of drug-likeness (QED) is 0.472. The highest BCUT2D eigenvalue weighted by Gasteiger charge is 2.42. The minimum absolute atomic E-state index is 0.855. The van der Waals surface area contributed by atoms with Gasteiger partial charge in [-0.15, -0.1) is 0 Å². The summed E-state index contributed by atoms with van der Waals surface area (Å²) in [4.78, 5) is 2.49. The second kappa shape index (κ2) is 1.72. The summed E-state index contributed by atoms with van der Waals surface area (Å²) in [5.74, 6) is 2.21. The lowest BCUT2D eigenvalue weighted by atomic mass is 10.1. The lowest BCUT2D eigenvalue weighted by molar-refractivity contribution is 0.191. The molecule has 2 fully saturated rings. The van der Waals surface area contributed by atoms with Gasteiger partial charge in [0.15, 0.2) is 0 Å². The molecule has 2 aliphatic rings. The van der Waals surface area contributed by atoms with E-state index in [1.54, 1.807) is 0 Å². The molecule has 9 heavy (non-hydrogen) atoms.